The van der Waals surface area contributed by atoms with Gasteiger partial charge in [-0.15, -0.1) is 0 Å². The number of benzene rings is 2. The van der Waals surface area contributed by atoms with Gasteiger partial charge in [-0.05, 0) is 61.8 Å². The van der Waals surface area contributed by atoms with E-state index in [1.54, 1.807) is 7.05 Å². The third kappa shape index (κ3) is 4.65. The number of rotatable bonds is 5. The van der Waals surface area contributed by atoms with Crippen molar-refractivity contribution in [3.05, 3.63) is 59.8 Å². The predicted molar refractivity (Wildman–Crippen MR) is 134 cm³/mol. The summed E-state index contributed by atoms with van der Waals surface area (Å²) in [5, 5.41) is 14.0. The number of amides is 2. The van der Waals surface area contributed by atoms with Crippen molar-refractivity contribution in [2.45, 2.75) is 50.5 Å². The zero-order valence-electron chi connectivity index (χ0n) is 19.7. The lowest BCUT2D eigenvalue weighted by Crippen LogP contribution is -2.47. The lowest BCUT2D eigenvalue weighted by Gasteiger charge is -2.36. The summed E-state index contributed by atoms with van der Waals surface area (Å²) in [7, 11) is 1.60. The van der Waals surface area contributed by atoms with E-state index in [1.165, 1.54) is 12.0 Å². The normalized spacial score (nSPS) is 23.0. The zero-order chi connectivity index (χ0) is 23.5. The summed E-state index contributed by atoms with van der Waals surface area (Å²) in [5.74, 6) is 0.507. The second-order valence-electron chi connectivity index (χ2n) is 9.65. The number of aromatic amines is 1. The first kappa shape index (κ1) is 22.4. The number of H-pyrrole nitrogens is 1. The smallest absolute Gasteiger partial charge is 0.272 e. The molecule has 7 heteroatoms. The van der Waals surface area contributed by atoms with Crippen LogP contribution >= 0.6 is 0 Å². The van der Waals surface area contributed by atoms with Crippen LogP contribution in [0.3, 0.4) is 0 Å². The molecule has 2 aromatic carbocycles. The highest BCUT2D eigenvalue weighted by atomic mass is 16.2. The van der Waals surface area contributed by atoms with E-state index in [1.807, 2.05) is 18.2 Å². The Balaban J connectivity index is 1.23. The molecule has 1 aromatic heterocycles. The summed E-state index contributed by atoms with van der Waals surface area (Å²) in [5.41, 5.74) is 3.68. The molecule has 1 aliphatic heterocycles. The number of fused-ring (bicyclic) bond motifs is 1. The Morgan fingerprint density at radius 1 is 1.06 bits per heavy atom. The first-order chi connectivity index (χ1) is 16.6. The topological polar surface area (TPSA) is 90.1 Å². The van der Waals surface area contributed by atoms with Gasteiger partial charge in [-0.1, -0.05) is 36.8 Å². The summed E-state index contributed by atoms with van der Waals surface area (Å²) in [6.07, 6.45) is 6.35. The molecular weight excluding hydrogens is 426 g/mol. The molecule has 3 N–H and O–H groups in total. The van der Waals surface area contributed by atoms with Gasteiger partial charge in [0.25, 0.3) is 5.91 Å². The fourth-order valence-electron chi connectivity index (χ4n) is 5.59. The van der Waals surface area contributed by atoms with Crippen LogP contribution < -0.4 is 15.5 Å². The van der Waals surface area contributed by atoms with Crippen molar-refractivity contribution in [2.75, 3.05) is 25.0 Å². The van der Waals surface area contributed by atoms with Crippen LogP contribution in [-0.4, -0.2) is 48.2 Å². The van der Waals surface area contributed by atoms with Crippen LogP contribution in [0.4, 0.5) is 5.69 Å². The maximum atomic E-state index is 13.2. The molecule has 2 aliphatic rings. The Kier molecular flexibility index (Phi) is 6.52. The average Bonchev–Trinajstić information content (AvgIpc) is 3.32. The van der Waals surface area contributed by atoms with Crippen molar-refractivity contribution in [1.82, 2.24) is 20.8 Å². The highest BCUT2D eigenvalue weighted by Crippen LogP contribution is 2.33. The molecule has 3 atom stereocenters. The minimum absolute atomic E-state index is 0.00949. The van der Waals surface area contributed by atoms with Gasteiger partial charge < -0.3 is 15.5 Å². The average molecular weight is 460 g/mol. The summed E-state index contributed by atoms with van der Waals surface area (Å²) in [4.78, 5) is 27.5. The minimum Gasteiger partial charge on any atom is -0.371 e. The Morgan fingerprint density at radius 3 is 2.74 bits per heavy atom. The molecule has 34 heavy (non-hydrogen) atoms. The van der Waals surface area contributed by atoms with Crippen molar-refractivity contribution in [3.63, 3.8) is 0 Å². The monoisotopic (exact) mass is 459 g/mol. The fourth-order valence-corrected chi connectivity index (χ4v) is 5.59. The van der Waals surface area contributed by atoms with E-state index in [0.29, 0.717) is 18.2 Å². The van der Waals surface area contributed by atoms with Crippen LogP contribution in [0, 0.1) is 5.92 Å². The van der Waals surface area contributed by atoms with Crippen molar-refractivity contribution >= 4 is 28.4 Å². The van der Waals surface area contributed by atoms with Gasteiger partial charge >= 0.3 is 0 Å². The number of nitrogens with one attached hydrogen (secondary N) is 3. The second kappa shape index (κ2) is 9.87. The van der Waals surface area contributed by atoms with Crippen LogP contribution in [0.2, 0.25) is 0 Å². The van der Waals surface area contributed by atoms with E-state index < -0.39 is 0 Å². The van der Waals surface area contributed by atoms with Crippen molar-refractivity contribution in [1.29, 1.82) is 0 Å². The van der Waals surface area contributed by atoms with E-state index in [0.717, 1.165) is 55.2 Å². The maximum absolute atomic E-state index is 13.2. The number of anilines is 1. The van der Waals surface area contributed by atoms with Gasteiger partial charge in [0.15, 0.2) is 5.69 Å². The van der Waals surface area contributed by atoms with Crippen LogP contribution in [0.15, 0.2) is 48.5 Å². The Hall–Kier alpha value is -3.35. The Labute approximate surface area is 200 Å². The largest absolute Gasteiger partial charge is 0.371 e. The van der Waals surface area contributed by atoms with Crippen molar-refractivity contribution in [3.8, 4) is 0 Å². The standard InChI is InChI=1S/C27H33N5O2/c1-28-27(34)25-23-13-12-22(16-24(23)30-31-25)32-14-6-10-20(17-32)26(33)29-21-11-5-9-19(15-21)18-7-3-2-4-8-18/h2-4,7-8,12-13,16,19-21H,5-6,9-11,14-15,17H2,1H3,(H,28,34)(H,29,33)(H,30,31). The van der Waals surface area contributed by atoms with E-state index in [9.17, 15) is 9.59 Å². The first-order valence-electron chi connectivity index (χ1n) is 12.4. The number of piperidine rings is 1. The van der Waals surface area contributed by atoms with Crippen LogP contribution in [-0.2, 0) is 4.79 Å². The molecule has 1 aliphatic carbocycles. The molecular formula is C27H33N5O2. The number of aromatic nitrogens is 2. The molecule has 1 saturated carbocycles. The molecule has 3 aromatic rings. The molecule has 178 valence electrons. The summed E-state index contributed by atoms with van der Waals surface area (Å²) in [6, 6.07) is 16.9. The summed E-state index contributed by atoms with van der Waals surface area (Å²) < 4.78 is 0. The predicted octanol–water partition coefficient (Wildman–Crippen LogP) is 3.98. The second-order valence-corrected chi connectivity index (χ2v) is 9.65. The number of carbonyl (C=O) groups excluding carboxylic acids is 2. The van der Waals surface area contributed by atoms with Gasteiger partial charge in [0.1, 0.15) is 0 Å². The number of nitrogens with zero attached hydrogens (tertiary/aromatic N) is 2. The highest BCUT2D eigenvalue weighted by Gasteiger charge is 2.30. The number of hydrogen-bond acceptors (Lipinski definition) is 4. The molecule has 1 saturated heterocycles. The van der Waals surface area contributed by atoms with Gasteiger partial charge in [0.05, 0.1) is 11.4 Å². The number of carbonyl (C=O) groups is 2. The van der Waals surface area contributed by atoms with Gasteiger partial charge in [-0.2, -0.15) is 5.10 Å². The van der Waals surface area contributed by atoms with Crippen molar-refractivity contribution < 1.29 is 9.59 Å². The van der Waals surface area contributed by atoms with E-state index in [4.69, 9.17) is 0 Å². The maximum Gasteiger partial charge on any atom is 0.272 e. The first-order valence-corrected chi connectivity index (χ1v) is 12.4. The molecule has 0 bridgehead atoms. The molecule has 2 heterocycles. The molecule has 3 unspecified atom stereocenters. The molecule has 5 rings (SSSR count). The van der Waals surface area contributed by atoms with Gasteiger partial charge in [-0.3, -0.25) is 14.7 Å². The molecule has 0 spiro atoms. The van der Waals surface area contributed by atoms with E-state index >= 15 is 0 Å². The van der Waals surface area contributed by atoms with Crippen LogP contribution in [0.1, 0.15) is 60.5 Å². The fraction of sp³-hybridized carbons (Fsp3) is 0.444. The quantitative estimate of drug-likeness (QED) is 0.538. The third-order valence-corrected chi connectivity index (χ3v) is 7.44. The zero-order valence-corrected chi connectivity index (χ0v) is 19.7. The lowest BCUT2D eigenvalue weighted by molar-refractivity contribution is -0.126. The summed E-state index contributed by atoms with van der Waals surface area (Å²) >= 11 is 0. The Morgan fingerprint density at radius 2 is 1.91 bits per heavy atom. The highest BCUT2D eigenvalue weighted by molar-refractivity contribution is 6.05. The van der Waals surface area contributed by atoms with Crippen LogP contribution in [0.5, 0.6) is 0 Å². The SMILES string of the molecule is CNC(=O)c1n[nH]c2cc(N3CCCC(C(=O)NC4CCCC(c5ccccc5)C4)C3)ccc12. The molecule has 7 nitrogen and oxygen atoms in total. The Bertz CT molecular complexity index is 1160. The molecule has 2 fully saturated rings. The van der Waals surface area contributed by atoms with E-state index in [2.05, 4.69) is 56.1 Å². The summed E-state index contributed by atoms with van der Waals surface area (Å²) in [6.45, 7) is 1.63. The van der Waals surface area contributed by atoms with E-state index in [-0.39, 0.29) is 23.8 Å². The minimum atomic E-state index is -0.203. The van der Waals surface area contributed by atoms with Gasteiger partial charge in [-0.25, -0.2) is 0 Å². The van der Waals surface area contributed by atoms with Gasteiger partial charge in [0, 0.05) is 37.3 Å². The van der Waals surface area contributed by atoms with Crippen LogP contribution in [0.25, 0.3) is 10.9 Å². The molecule has 0 radical (unpaired) electrons. The lowest BCUT2D eigenvalue weighted by atomic mass is 9.81. The van der Waals surface area contributed by atoms with Crippen molar-refractivity contribution in [2.24, 2.45) is 5.92 Å². The number of hydrogen-bond donors (Lipinski definition) is 3. The van der Waals surface area contributed by atoms with Gasteiger partial charge in [0.2, 0.25) is 5.91 Å². The molecule has 2 amide bonds. The third-order valence-electron chi connectivity index (χ3n) is 7.44.